The van der Waals surface area contributed by atoms with Gasteiger partial charge in [-0.2, -0.15) is 0 Å². The number of morpholine rings is 1. The highest BCUT2D eigenvalue weighted by Gasteiger charge is 2.20. The number of ether oxygens (including phenoxy) is 1. The number of rotatable bonds is 10. The molecule has 25 heavy (non-hydrogen) atoms. The molecule has 8 nitrogen and oxygen atoms in total. The van der Waals surface area contributed by atoms with Crippen LogP contribution in [0.4, 0.5) is 0 Å². The van der Waals surface area contributed by atoms with Gasteiger partial charge in [-0.25, -0.2) is 13.1 Å². The van der Waals surface area contributed by atoms with E-state index in [1.54, 1.807) is 0 Å². The highest BCUT2D eigenvalue weighted by molar-refractivity contribution is 7.89. The van der Waals surface area contributed by atoms with Gasteiger partial charge in [-0.3, -0.25) is 9.89 Å². The van der Waals surface area contributed by atoms with Gasteiger partial charge in [0, 0.05) is 39.3 Å². The zero-order valence-corrected chi connectivity index (χ0v) is 16.1. The van der Waals surface area contributed by atoms with Crippen LogP contribution in [0.1, 0.15) is 26.2 Å². The molecule has 1 aliphatic heterocycles. The summed E-state index contributed by atoms with van der Waals surface area (Å²) >= 11 is 0. The van der Waals surface area contributed by atoms with Gasteiger partial charge in [0.2, 0.25) is 10.0 Å². The Balaban J connectivity index is 1.65. The van der Waals surface area contributed by atoms with Gasteiger partial charge in [0.15, 0.2) is 5.96 Å². The summed E-state index contributed by atoms with van der Waals surface area (Å²) in [4.78, 5) is 6.85. The molecule has 1 heterocycles. The number of guanidine groups is 1. The molecule has 3 N–H and O–H groups in total. The Hall–Kier alpha value is -0.900. The molecule has 0 spiro atoms. The van der Waals surface area contributed by atoms with Crippen molar-refractivity contribution in [2.45, 2.75) is 26.2 Å². The first kappa shape index (κ1) is 20.4. The van der Waals surface area contributed by atoms with Crippen LogP contribution in [0.25, 0.3) is 0 Å². The molecule has 1 saturated heterocycles. The van der Waals surface area contributed by atoms with Crippen molar-refractivity contribution < 1.29 is 13.2 Å². The van der Waals surface area contributed by atoms with E-state index < -0.39 is 10.0 Å². The molecule has 9 heteroatoms. The van der Waals surface area contributed by atoms with E-state index in [0.29, 0.717) is 31.5 Å². The lowest BCUT2D eigenvalue weighted by atomic mass is 9.86. The maximum Gasteiger partial charge on any atom is 0.213 e. The van der Waals surface area contributed by atoms with E-state index in [4.69, 9.17) is 4.74 Å². The summed E-state index contributed by atoms with van der Waals surface area (Å²) in [7, 11) is -3.22. The van der Waals surface area contributed by atoms with Crippen LogP contribution >= 0.6 is 0 Å². The fourth-order valence-corrected chi connectivity index (χ4v) is 3.79. The van der Waals surface area contributed by atoms with Crippen LogP contribution in [0.2, 0.25) is 0 Å². The van der Waals surface area contributed by atoms with Crippen LogP contribution in [-0.4, -0.2) is 84.1 Å². The fourth-order valence-electron chi connectivity index (χ4n) is 2.79. The molecule has 0 aromatic carbocycles. The highest BCUT2D eigenvalue weighted by atomic mass is 32.2. The van der Waals surface area contributed by atoms with Crippen LogP contribution < -0.4 is 15.4 Å². The van der Waals surface area contributed by atoms with E-state index in [1.807, 2.05) is 6.92 Å². The predicted molar refractivity (Wildman–Crippen MR) is 100 cm³/mol. The molecule has 2 fully saturated rings. The average Bonchev–Trinajstić information content (AvgIpc) is 2.54. The van der Waals surface area contributed by atoms with Crippen molar-refractivity contribution in [1.82, 2.24) is 20.3 Å². The van der Waals surface area contributed by atoms with Crippen molar-refractivity contribution in [3.8, 4) is 0 Å². The number of hydrogen-bond acceptors (Lipinski definition) is 5. The summed E-state index contributed by atoms with van der Waals surface area (Å²) in [6, 6.07) is 0. The number of aliphatic imine (C=N–C) groups is 1. The minimum absolute atomic E-state index is 0.0631. The Morgan fingerprint density at radius 1 is 1.24 bits per heavy atom. The largest absolute Gasteiger partial charge is 0.379 e. The molecule has 146 valence electrons. The van der Waals surface area contributed by atoms with Crippen molar-refractivity contribution in [3.05, 3.63) is 0 Å². The van der Waals surface area contributed by atoms with Crippen LogP contribution in [0, 0.1) is 5.92 Å². The SMILES string of the molecule is CCNC(=NCCN1CCOCC1)NCCS(=O)(=O)NCC1CCC1. The molecule has 1 saturated carbocycles. The Morgan fingerprint density at radius 3 is 2.64 bits per heavy atom. The van der Waals surface area contributed by atoms with E-state index >= 15 is 0 Å². The van der Waals surface area contributed by atoms with Gasteiger partial charge in [0.25, 0.3) is 0 Å². The number of hydrogen-bond donors (Lipinski definition) is 3. The highest BCUT2D eigenvalue weighted by Crippen LogP contribution is 2.25. The predicted octanol–water partition coefficient (Wildman–Crippen LogP) is -0.407. The van der Waals surface area contributed by atoms with Crippen molar-refractivity contribution in [3.63, 3.8) is 0 Å². The summed E-state index contributed by atoms with van der Waals surface area (Å²) in [6.07, 6.45) is 3.50. The van der Waals surface area contributed by atoms with E-state index in [9.17, 15) is 8.42 Å². The standard InChI is InChI=1S/C16H33N5O3S/c1-2-17-16(18-6-8-21-9-11-24-12-10-21)19-7-13-25(22,23)20-14-15-4-3-5-15/h15,20H,2-14H2,1H3,(H2,17,18,19). The van der Waals surface area contributed by atoms with Gasteiger partial charge in [0.1, 0.15) is 0 Å². The zero-order chi connectivity index (χ0) is 18.0. The minimum Gasteiger partial charge on any atom is -0.379 e. The lowest BCUT2D eigenvalue weighted by Gasteiger charge is -2.26. The Bertz CT molecular complexity index is 502. The second-order valence-corrected chi connectivity index (χ2v) is 8.53. The number of nitrogens with zero attached hydrogens (tertiary/aromatic N) is 2. The first-order valence-electron chi connectivity index (χ1n) is 9.38. The normalized spacial score (nSPS) is 20.3. The Kier molecular flexibility index (Phi) is 8.94. The summed E-state index contributed by atoms with van der Waals surface area (Å²) in [5.74, 6) is 1.26. The molecular weight excluding hydrogens is 342 g/mol. The third-order valence-corrected chi connectivity index (χ3v) is 5.96. The monoisotopic (exact) mass is 375 g/mol. The first-order chi connectivity index (χ1) is 12.1. The third-order valence-electron chi connectivity index (χ3n) is 4.61. The van der Waals surface area contributed by atoms with Gasteiger partial charge < -0.3 is 15.4 Å². The zero-order valence-electron chi connectivity index (χ0n) is 15.3. The van der Waals surface area contributed by atoms with Gasteiger partial charge in [-0.1, -0.05) is 6.42 Å². The quantitative estimate of drug-likeness (QED) is 0.355. The fraction of sp³-hybridized carbons (Fsp3) is 0.938. The smallest absolute Gasteiger partial charge is 0.213 e. The van der Waals surface area contributed by atoms with Crippen LogP contribution in [0.5, 0.6) is 0 Å². The van der Waals surface area contributed by atoms with Crippen molar-refractivity contribution >= 4 is 16.0 Å². The summed E-state index contributed by atoms with van der Waals surface area (Å²) < 4.78 is 32.0. The lowest BCUT2D eigenvalue weighted by molar-refractivity contribution is 0.0394. The second kappa shape index (κ2) is 10.9. The van der Waals surface area contributed by atoms with E-state index in [2.05, 4.69) is 25.2 Å². The second-order valence-electron chi connectivity index (χ2n) is 6.61. The van der Waals surface area contributed by atoms with Gasteiger partial charge in [-0.05, 0) is 25.7 Å². The van der Waals surface area contributed by atoms with Crippen LogP contribution in [0.15, 0.2) is 4.99 Å². The molecule has 0 atom stereocenters. The maximum atomic E-state index is 12.0. The molecule has 2 aliphatic rings. The third kappa shape index (κ3) is 8.35. The molecule has 1 aliphatic carbocycles. The minimum atomic E-state index is -3.22. The summed E-state index contributed by atoms with van der Waals surface area (Å²) in [5.41, 5.74) is 0. The molecule has 0 amide bonds. The number of nitrogens with one attached hydrogen (secondary N) is 3. The first-order valence-corrected chi connectivity index (χ1v) is 11.0. The lowest BCUT2D eigenvalue weighted by Crippen LogP contribution is -2.42. The van der Waals surface area contributed by atoms with E-state index in [-0.39, 0.29) is 5.75 Å². The molecule has 0 unspecified atom stereocenters. The molecule has 0 aromatic heterocycles. The Morgan fingerprint density at radius 2 is 2.00 bits per heavy atom. The van der Waals surface area contributed by atoms with Gasteiger partial charge in [0.05, 0.1) is 25.5 Å². The van der Waals surface area contributed by atoms with Crippen molar-refractivity contribution in [2.75, 3.05) is 64.8 Å². The molecule has 0 radical (unpaired) electrons. The van der Waals surface area contributed by atoms with Gasteiger partial charge >= 0.3 is 0 Å². The van der Waals surface area contributed by atoms with Crippen LogP contribution in [-0.2, 0) is 14.8 Å². The molecule has 0 bridgehead atoms. The summed E-state index contributed by atoms with van der Waals surface area (Å²) in [6.45, 7) is 8.71. The molecule has 2 rings (SSSR count). The van der Waals surface area contributed by atoms with Crippen molar-refractivity contribution in [1.29, 1.82) is 0 Å². The Labute approximate surface area is 151 Å². The average molecular weight is 376 g/mol. The van der Waals surface area contributed by atoms with E-state index in [1.165, 1.54) is 6.42 Å². The maximum absolute atomic E-state index is 12.0. The van der Waals surface area contributed by atoms with Crippen LogP contribution in [0.3, 0.4) is 0 Å². The van der Waals surface area contributed by atoms with Gasteiger partial charge in [-0.15, -0.1) is 0 Å². The topological polar surface area (TPSA) is 95.1 Å². The number of sulfonamides is 1. The van der Waals surface area contributed by atoms with Crippen molar-refractivity contribution in [2.24, 2.45) is 10.9 Å². The summed E-state index contributed by atoms with van der Waals surface area (Å²) in [5, 5.41) is 6.26. The molecular formula is C16H33N5O3S. The molecule has 0 aromatic rings. The van der Waals surface area contributed by atoms with E-state index in [0.717, 1.165) is 52.2 Å².